The first-order chi connectivity index (χ1) is 16.8. The van der Waals surface area contributed by atoms with Crippen LogP contribution < -0.4 is 21.5 Å². The van der Waals surface area contributed by atoms with Gasteiger partial charge >= 0.3 is 0 Å². The van der Waals surface area contributed by atoms with E-state index < -0.39 is 18.1 Å². The van der Waals surface area contributed by atoms with Gasteiger partial charge in [-0.05, 0) is 17.7 Å². The van der Waals surface area contributed by atoms with E-state index in [4.69, 9.17) is 20.9 Å². The smallest absolute Gasteiger partial charge is 0.255 e. The predicted molar refractivity (Wildman–Crippen MR) is 130 cm³/mol. The van der Waals surface area contributed by atoms with E-state index in [1.54, 1.807) is 36.4 Å². The molecule has 0 bridgehead atoms. The van der Waals surface area contributed by atoms with Crippen molar-refractivity contribution in [1.29, 1.82) is 0 Å². The molecule has 1 aromatic heterocycles. The molecule has 3 atom stereocenters. The van der Waals surface area contributed by atoms with Gasteiger partial charge in [-0.15, -0.1) is 0 Å². The number of hydrogen-bond acceptors (Lipinski definition) is 7. The first-order valence-electron chi connectivity index (χ1n) is 11.3. The highest BCUT2D eigenvalue weighted by Gasteiger charge is 2.35. The highest BCUT2D eigenvalue weighted by Crippen LogP contribution is 2.33. The normalized spacial score (nSPS) is 19.8. The zero-order chi connectivity index (χ0) is 25.1. The zero-order valence-electron chi connectivity index (χ0n) is 19.6. The van der Waals surface area contributed by atoms with Crippen molar-refractivity contribution in [2.24, 2.45) is 11.7 Å². The molecule has 6 N–H and O–H groups in total. The molecular weight excluding hydrogens is 450 g/mol. The summed E-state index contributed by atoms with van der Waals surface area (Å²) in [7, 11) is 1.52. The minimum Gasteiger partial charge on any atom is -0.496 e. The fourth-order valence-electron chi connectivity index (χ4n) is 4.20. The monoisotopic (exact) mass is 479 g/mol. The maximum atomic E-state index is 12.5. The molecule has 0 spiro atoms. The fourth-order valence-corrected chi connectivity index (χ4v) is 4.20. The molecule has 1 aliphatic heterocycles. The van der Waals surface area contributed by atoms with Crippen LogP contribution in [0.1, 0.15) is 39.2 Å². The molecule has 0 aliphatic carbocycles. The summed E-state index contributed by atoms with van der Waals surface area (Å²) in [5.74, 6) is -0.492. The number of nitrogen functional groups attached to an aromatic ring is 1. The molecule has 1 saturated heterocycles. The standard InChI is InChI=1S/C25H29N5O5/c1-14-12-35-13-18(22(14)31)30-23(26)20(24(27)32)21(29-30)16-9-7-15(8-10-16)11-28-25(33)17-5-3-4-6-19(17)34-2/h3-10,14,18,22,31H,11-13,26H2,1-2H3,(H2,27,32)(H,28,33)/t14-,18?,22?/m0/s1. The number of methoxy groups -OCH3 is 1. The van der Waals surface area contributed by atoms with Crippen molar-refractivity contribution >= 4 is 17.6 Å². The van der Waals surface area contributed by atoms with Gasteiger partial charge in [0.25, 0.3) is 11.8 Å². The van der Waals surface area contributed by atoms with Gasteiger partial charge in [0.15, 0.2) is 0 Å². The number of rotatable bonds is 7. The zero-order valence-corrected chi connectivity index (χ0v) is 19.6. The second-order valence-electron chi connectivity index (χ2n) is 8.57. The van der Waals surface area contributed by atoms with Gasteiger partial charge in [-0.25, -0.2) is 4.68 Å². The molecule has 184 valence electrons. The number of nitrogens with zero attached hydrogens (tertiary/aromatic N) is 2. The Labute approximate surface area is 202 Å². The Morgan fingerprint density at radius 1 is 1.20 bits per heavy atom. The molecule has 1 aliphatic rings. The lowest BCUT2D eigenvalue weighted by atomic mass is 9.97. The highest BCUT2D eigenvalue weighted by molar-refractivity contribution is 6.03. The first-order valence-corrected chi connectivity index (χ1v) is 11.3. The number of nitrogens with two attached hydrogens (primary N) is 2. The Balaban J connectivity index is 1.55. The van der Waals surface area contributed by atoms with Gasteiger partial charge in [0.05, 0.1) is 32.0 Å². The van der Waals surface area contributed by atoms with E-state index in [9.17, 15) is 14.7 Å². The molecular formula is C25H29N5O5. The molecule has 2 amide bonds. The third kappa shape index (κ3) is 4.84. The maximum absolute atomic E-state index is 12.5. The Kier molecular flexibility index (Phi) is 7.04. The van der Waals surface area contributed by atoms with Crippen LogP contribution in [0, 0.1) is 5.92 Å². The van der Waals surface area contributed by atoms with Gasteiger partial charge in [-0.1, -0.05) is 43.3 Å². The Morgan fingerprint density at radius 3 is 2.60 bits per heavy atom. The molecule has 10 nitrogen and oxygen atoms in total. The lowest BCUT2D eigenvalue weighted by molar-refractivity contribution is -0.0697. The minimum atomic E-state index is -0.728. The Hall–Kier alpha value is -3.89. The van der Waals surface area contributed by atoms with Crippen molar-refractivity contribution < 1.29 is 24.2 Å². The number of anilines is 1. The first kappa shape index (κ1) is 24.2. The van der Waals surface area contributed by atoms with Crippen LogP contribution in [0.3, 0.4) is 0 Å². The van der Waals surface area contributed by atoms with Crippen molar-refractivity contribution in [3.05, 3.63) is 65.2 Å². The van der Waals surface area contributed by atoms with E-state index in [1.165, 1.54) is 11.8 Å². The van der Waals surface area contributed by atoms with Crippen LogP contribution in [0.4, 0.5) is 5.82 Å². The Bertz CT molecular complexity index is 1220. The number of carbonyl (C=O) groups is 2. The highest BCUT2D eigenvalue weighted by atomic mass is 16.5. The summed E-state index contributed by atoms with van der Waals surface area (Å²) in [6.45, 7) is 2.82. The van der Waals surface area contributed by atoms with E-state index in [2.05, 4.69) is 10.4 Å². The molecule has 2 heterocycles. The molecule has 2 unspecified atom stereocenters. The van der Waals surface area contributed by atoms with Gasteiger partial charge < -0.3 is 31.4 Å². The Morgan fingerprint density at radius 2 is 1.91 bits per heavy atom. The lowest BCUT2D eigenvalue weighted by Gasteiger charge is -2.33. The fraction of sp³-hybridized carbons (Fsp3) is 0.320. The van der Waals surface area contributed by atoms with Crippen LogP contribution in [0.25, 0.3) is 11.3 Å². The van der Waals surface area contributed by atoms with Crippen molar-refractivity contribution in [3.63, 3.8) is 0 Å². The molecule has 35 heavy (non-hydrogen) atoms. The summed E-state index contributed by atoms with van der Waals surface area (Å²) in [5, 5.41) is 18.0. The number of hydrogen-bond donors (Lipinski definition) is 4. The van der Waals surface area contributed by atoms with Crippen molar-refractivity contribution in [1.82, 2.24) is 15.1 Å². The molecule has 0 saturated carbocycles. The van der Waals surface area contributed by atoms with Crippen LogP contribution in [0.2, 0.25) is 0 Å². The average molecular weight is 480 g/mol. The quantitative estimate of drug-likeness (QED) is 0.402. The summed E-state index contributed by atoms with van der Waals surface area (Å²) in [6, 6.07) is 13.6. The summed E-state index contributed by atoms with van der Waals surface area (Å²) >= 11 is 0. The predicted octanol–water partition coefficient (Wildman–Crippen LogP) is 1.74. The van der Waals surface area contributed by atoms with Gasteiger partial charge in [-0.2, -0.15) is 5.10 Å². The number of carbonyl (C=O) groups excluding carboxylic acids is 2. The number of amides is 2. The van der Waals surface area contributed by atoms with Crippen LogP contribution in [-0.2, 0) is 11.3 Å². The van der Waals surface area contributed by atoms with Crippen LogP contribution >= 0.6 is 0 Å². The number of primary amides is 1. The third-order valence-electron chi connectivity index (χ3n) is 6.19. The van der Waals surface area contributed by atoms with E-state index in [1.807, 2.05) is 19.1 Å². The summed E-state index contributed by atoms with van der Waals surface area (Å²) in [5.41, 5.74) is 14.2. The number of aliphatic hydroxyl groups excluding tert-OH is 1. The van der Waals surface area contributed by atoms with Crippen LogP contribution in [0.15, 0.2) is 48.5 Å². The van der Waals surface area contributed by atoms with Crippen molar-refractivity contribution in [2.45, 2.75) is 25.6 Å². The molecule has 0 radical (unpaired) electrons. The second kappa shape index (κ2) is 10.2. The maximum Gasteiger partial charge on any atom is 0.255 e. The molecule has 10 heteroatoms. The number of nitrogens with one attached hydrogen (secondary N) is 1. The molecule has 1 fully saturated rings. The average Bonchev–Trinajstić information content (AvgIpc) is 3.21. The molecule has 4 rings (SSSR count). The van der Waals surface area contributed by atoms with E-state index in [0.717, 1.165) is 5.56 Å². The number of ether oxygens (including phenoxy) is 2. The summed E-state index contributed by atoms with van der Waals surface area (Å²) in [4.78, 5) is 24.8. The topological polar surface area (TPSA) is 155 Å². The summed E-state index contributed by atoms with van der Waals surface area (Å²) in [6.07, 6.45) is -0.728. The van der Waals surface area contributed by atoms with Crippen LogP contribution in [-0.4, -0.2) is 53.1 Å². The number of aromatic nitrogens is 2. The van der Waals surface area contributed by atoms with Gasteiger partial charge in [0.1, 0.15) is 28.9 Å². The van der Waals surface area contributed by atoms with Gasteiger partial charge in [-0.3, -0.25) is 9.59 Å². The SMILES string of the molecule is COc1ccccc1C(=O)NCc1ccc(-c2nn(C3COC[C@H](C)C3O)c(N)c2C(N)=O)cc1. The van der Waals surface area contributed by atoms with Crippen molar-refractivity contribution in [3.8, 4) is 17.0 Å². The van der Waals surface area contributed by atoms with Gasteiger partial charge in [0, 0.05) is 18.0 Å². The lowest BCUT2D eigenvalue weighted by Crippen LogP contribution is -2.41. The number of benzene rings is 2. The largest absolute Gasteiger partial charge is 0.496 e. The van der Waals surface area contributed by atoms with Gasteiger partial charge in [0.2, 0.25) is 0 Å². The van der Waals surface area contributed by atoms with Crippen molar-refractivity contribution in [2.75, 3.05) is 26.1 Å². The number of aliphatic hydroxyl groups is 1. The second-order valence-corrected chi connectivity index (χ2v) is 8.57. The molecule has 2 aromatic carbocycles. The van der Waals surface area contributed by atoms with E-state index in [-0.39, 0.29) is 29.8 Å². The third-order valence-corrected chi connectivity index (χ3v) is 6.19. The van der Waals surface area contributed by atoms with E-state index >= 15 is 0 Å². The minimum absolute atomic E-state index is 0.0856. The van der Waals surface area contributed by atoms with E-state index in [0.29, 0.717) is 35.7 Å². The van der Waals surface area contributed by atoms with Crippen LogP contribution in [0.5, 0.6) is 5.75 Å². The molecule has 3 aromatic rings. The summed E-state index contributed by atoms with van der Waals surface area (Å²) < 4.78 is 12.2. The number of para-hydroxylation sites is 1.